The Kier molecular flexibility index (Phi) is 4.46. The average Bonchev–Trinajstić information content (AvgIpc) is 2.84. The number of benzene rings is 1. The Bertz CT molecular complexity index is 456. The molecule has 2 rings (SSSR count). The third-order valence-electron chi connectivity index (χ3n) is 3.47. The quantitative estimate of drug-likeness (QED) is 0.909. The van der Waals surface area contributed by atoms with E-state index >= 15 is 0 Å². The van der Waals surface area contributed by atoms with Crippen LogP contribution in [0, 0.1) is 17.2 Å². The molecule has 0 aliphatic heterocycles. The molecule has 1 aliphatic carbocycles. The second-order valence-electron chi connectivity index (χ2n) is 4.62. The van der Waals surface area contributed by atoms with Crippen LogP contribution in [0.2, 0.25) is 5.02 Å². The minimum absolute atomic E-state index is 0.152. The van der Waals surface area contributed by atoms with Crippen molar-refractivity contribution in [2.75, 3.05) is 7.11 Å². The highest BCUT2D eigenvalue weighted by molar-refractivity contribution is 6.32. The van der Waals surface area contributed by atoms with Gasteiger partial charge in [-0.25, -0.2) is 0 Å². The van der Waals surface area contributed by atoms with Crippen LogP contribution in [0.3, 0.4) is 0 Å². The summed E-state index contributed by atoms with van der Waals surface area (Å²) < 4.78 is 5.12. The van der Waals surface area contributed by atoms with Gasteiger partial charge in [0.1, 0.15) is 5.75 Å². The van der Waals surface area contributed by atoms with Gasteiger partial charge >= 0.3 is 0 Å². The monoisotopic (exact) mass is 264 g/mol. The second kappa shape index (κ2) is 6.08. The van der Waals surface area contributed by atoms with Crippen molar-refractivity contribution in [2.24, 2.45) is 5.92 Å². The number of nitrogens with zero attached hydrogens (tertiary/aromatic N) is 1. The maximum atomic E-state index is 9.02. The normalized spacial score (nSPS) is 22.7. The Morgan fingerprint density at radius 1 is 1.50 bits per heavy atom. The van der Waals surface area contributed by atoms with E-state index in [9.17, 15) is 0 Å². The van der Waals surface area contributed by atoms with Gasteiger partial charge in [-0.15, -0.1) is 0 Å². The van der Waals surface area contributed by atoms with E-state index < -0.39 is 0 Å². The van der Waals surface area contributed by atoms with Crippen LogP contribution in [0.25, 0.3) is 0 Å². The summed E-state index contributed by atoms with van der Waals surface area (Å²) in [5.41, 5.74) is 1.12. The van der Waals surface area contributed by atoms with E-state index in [0.717, 1.165) is 31.4 Å². The van der Waals surface area contributed by atoms with Crippen LogP contribution < -0.4 is 10.1 Å². The molecule has 2 unspecified atom stereocenters. The lowest BCUT2D eigenvalue weighted by molar-refractivity contribution is 0.414. The predicted molar refractivity (Wildman–Crippen MR) is 71.6 cm³/mol. The highest BCUT2D eigenvalue weighted by Gasteiger charge is 2.26. The van der Waals surface area contributed by atoms with Gasteiger partial charge in [0.05, 0.1) is 24.1 Å². The van der Waals surface area contributed by atoms with Crippen molar-refractivity contribution in [2.45, 2.75) is 31.8 Å². The van der Waals surface area contributed by atoms with Gasteiger partial charge in [0.15, 0.2) is 0 Å². The van der Waals surface area contributed by atoms with E-state index in [1.54, 1.807) is 7.11 Å². The van der Waals surface area contributed by atoms with Gasteiger partial charge in [0, 0.05) is 12.6 Å². The summed E-state index contributed by atoms with van der Waals surface area (Å²) in [7, 11) is 1.61. The maximum Gasteiger partial charge on any atom is 0.137 e. The molecule has 1 aromatic rings. The standard InChI is InChI=1S/C14H17ClN2O/c1-18-14-6-5-10(7-12(14)15)9-17-13-4-2-3-11(13)8-16/h5-7,11,13,17H,2-4,9H2,1H3. The zero-order valence-corrected chi connectivity index (χ0v) is 11.2. The number of halogens is 1. The molecule has 96 valence electrons. The van der Waals surface area contributed by atoms with E-state index in [1.807, 2.05) is 18.2 Å². The topological polar surface area (TPSA) is 45.0 Å². The van der Waals surface area contributed by atoms with Gasteiger partial charge in [-0.1, -0.05) is 24.1 Å². The van der Waals surface area contributed by atoms with E-state index in [2.05, 4.69) is 11.4 Å². The van der Waals surface area contributed by atoms with Crippen molar-refractivity contribution in [1.82, 2.24) is 5.32 Å². The second-order valence-corrected chi connectivity index (χ2v) is 5.03. The first-order chi connectivity index (χ1) is 8.74. The molecule has 1 saturated carbocycles. The molecule has 0 radical (unpaired) electrons. The van der Waals surface area contributed by atoms with E-state index in [1.165, 1.54) is 0 Å². The smallest absolute Gasteiger partial charge is 0.137 e. The number of hydrogen-bond donors (Lipinski definition) is 1. The molecule has 0 spiro atoms. The molecule has 1 aliphatic rings. The molecule has 0 heterocycles. The molecule has 2 atom stereocenters. The molecule has 0 aromatic heterocycles. The van der Waals surface area contributed by atoms with Crippen molar-refractivity contribution in [3.63, 3.8) is 0 Å². The number of nitrogens with one attached hydrogen (secondary N) is 1. The summed E-state index contributed by atoms with van der Waals surface area (Å²) in [5.74, 6) is 0.843. The van der Waals surface area contributed by atoms with Crippen LogP contribution in [-0.2, 0) is 6.54 Å². The molecule has 4 heteroatoms. The van der Waals surface area contributed by atoms with Gasteiger partial charge in [0.25, 0.3) is 0 Å². The Labute approximate surface area is 113 Å². The molecule has 3 nitrogen and oxygen atoms in total. The third-order valence-corrected chi connectivity index (χ3v) is 3.76. The molecule has 18 heavy (non-hydrogen) atoms. The molecule has 0 saturated heterocycles. The number of nitriles is 1. The van der Waals surface area contributed by atoms with Crippen molar-refractivity contribution >= 4 is 11.6 Å². The van der Waals surface area contributed by atoms with E-state index in [-0.39, 0.29) is 5.92 Å². The van der Waals surface area contributed by atoms with Gasteiger partial charge < -0.3 is 10.1 Å². The Morgan fingerprint density at radius 2 is 2.33 bits per heavy atom. The minimum atomic E-state index is 0.152. The average molecular weight is 265 g/mol. The zero-order chi connectivity index (χ0) is 13.0. The third kappa shape index (κ3) is 2.95. The van der Waals surface area contributed by atoms with Crippen molar-refractivity contribution < 1.29 is 4.74 Å². The van der Waals surface area contributed by atoms with Crippen LogP contribution in [0.5, 0.6) is 5.75 Å². The summed E-state index contributed by atoms with van der Waals surface area (Å²) in [6, 6.07) is 8.46. The highest BCUT2D eigenvalue weighted by atomic mass is 35.5. The maximum absolute atomic E-state index is 9.02. The first-order valence-corrected chi connectivity index (χ1v) is 6.58. The van der Waals surface area contributed by atoms with Gasteiger partial charge in [-0.3, -0.25) is 0 Å². The molecule has 0 amide bonds. The van der Waals surface area contributed by atoms with Crippen molar-refractivity contribution in [3.05, 3.63) is 28.8 Å². The van der Waals surface area contributed by atoms with Crippen LogP contribution in [0.15, 0.2) is 18.2 Å². The first kappa shape index (κ1) is 13.2. The molecular formula is C14H17ClN2O. The van der Waals surface area contributed by atoms with Crippen LogP contribution in [0.1, 0.15) is 24.8 Å². The molecule has 0 bridgehead atoms. The fourth-order valence-corrected chi connectivity index (χ4v) is 2.71. The summed E-state index contributed by atoms with van der Waals surface area (Å²) in [6.07, 6.45) is 3.24. The SMILES string of the molecule is COc1ccc(CNC2CCCC2C#N)cc1Cl. The Balaban J connectivity index is 1.94. The number of rotatable bonds is 4. The lowest BCUT2D eigenvalue weighted by Gasteiger charge is -2.16. The van der Waals surface area contributed by atoms with E-state index in [0.29, 0.717) is 16.8 Å². The highest BCUT2D eigenvalue weighted by Crippen LogP contribution is 2.27. The first-order valence-electron chi connectivity index (χ1n) is 6.20. The molecule has 1 fully saturated rings. The van der Waals surface area contributed by atoms with Crippen molar-refractivity contribution in [3.8, 4) is 11.8 Å². The van der Waals surface area contributed by atoms with Gasteiger partial charge in [-0.05, 0) is 30.5 Å². The summed E-state index contributed by atoms with van der Waals surface area (Å²) in [6.45, 7) is 0.743. The lowest BCUT2D eigenvalue weighted by atomic mass is 10.1. The number of hydrogen-bond acceptors (Lipinski definition) is 3. The van der Waals surface area contributed by atoms with Crippen molar-refractivity contribution in [1.29, 1.82) is 5.26 Å². The summed E-state index contributed by atoms with van der Waals surface area (Å²) >= 11 is 6.08. The fraction of sp³-hybridized carbons (Fsp3) is 0.500. The molecule has 1 aromatic carbocycles. The van der Waals surface area contributed by atoms with Crippen LogP contribution in [-0.4, -0.2) is 13.2 Å². The summed E-state index contributed by atoms with van der Waals surface area (Å²) in [5, 5.41) is 13.1. The predicted octanol–water partition coefficient (Wildman–Crippen LogP) is 3.13. The summed E-state index contributed by atoms with van der Waals surface area (Å²) in [4.78, 5) is 0. The van der Waals surface area contributed by atoms with Crippen LogP contribution >= 0.6 is 11.6 Å². The largest absolute Gasteiger partial charge is 0.495 e. The lowest BCUT2D eigenvalue weighted by Crippen LogP contribution is -2.31. The molecule has 1 N–H and O–H groups in total. The van der Waals surface area contributed by atoms with E-state index in [4.69, 9.17) is 21.6 Å². The molecular weight excluding hydrogens is 248 g/mol. The Hall–Kier alpha value is -1.24. The van der Waals surface area contributed by atoms with Gasteiger partial charge in [0.2, 0.25) is 0 Å². The minimum Gasteiger partial charge on any atom is -0.495 e. The zero-order valence-electron chi connectivity index (χ0n) is 10.4. The number of ether oxygens (including phenoxy) is 1. The van der Waals surface area contributed by atoms with Crippen LogP contribution in [0.4, 0.5) is 0 Å². The Morgan fingerprint density at radius 3 is 3.00 bits per heavy atom. The number of methoxy groups -OCH3 is 1. The fourth-order valence-electron chi connectivity index (χ4n) is 2.43. The van der Waals surface area contributed by atoms with Gasteiger partial charge in [-0.2, -0.15) is 5.26 Å².